The van der Waals surface area contributed by atoms with Gasteiger partial charge in [-0.3, -0.25) is 14.7 Å². The predicted octanol–water partition coefficient (Wildman–Crippen LogP) is 26.9. The van der Waals surface area contributed by atoms with E-state index in [0.717, 1.165) is 135 Å². The van der Waals surface area contributed by atoms with E-state index in [1.165, 1.54) is 33.6 Å². The number of anilines is 23. The molecule has 0 N–H and O–H groups in total. The van der Waals surface area contributed by atoms with Crippen molar-refractivity contribution in [2.45, 2.75) is 17.2 Å². The monoisotopic (exact) mass is 1370 g/mol. The molecule has 1 atom stereocenters. The topological polar surface area (TPSA) is 25.9 Å². The zero-order valence-electron chi connectivity index (χ0n) is 54.4. The Balaban J connectivity index is 0.896. The third-order valence-corrected chi connectivity index (χ3v) is 24.4. The van der Waals surface area contributed by atoms with Gasteiger partial charge in [0, 0.05) is 22.7 Å². The maximum absolute atomic E-state index is 2.58. The molecule has 5 aliphatic heterocycles. The van der Waals surface area contributed by atoms with E-state index < -0.39 is 5.41 Å². The number of nitrogens with zero attached hydrogens (tertiary/aromatic N) is 8. The third kappa shape index (κ3) is 8.72. The van der Waals surface area contributed by atoms with E-state index in [1.807, 2.05) is 11.8 Å². The van der Waals surface area contributed by atoms with Crippen LogP contribution in [0.25, 0.3) is 11.1 Å². The first-order valence-corrected chi connectivity index (χ1v) is 37.8. The summed E-state index contributed by atoms with van der Waals surface area (Å²) in [7, 11) is 0. The highest BCUT2D eigenvalue weighted by Gasteiger charge is 2.49. The number of thiophene rings is 3. The minimum atomic E-state index is -0.997. The number of hydrogen-bond donors (Lipinski definition) is 0. The standard InChI is InChI=1S/C89H60N8S4/c1-3-27-67-65(25-1)66-26-2-4-28-68(66)89(67,59-53-61(90-69-29-5-13-37-77(69)94(85-45-21-49-98-85)78-38-14-6-30-70(78)90)57-62(54-59)91-71-31-7-15-39-79(71)95(86-46-22-50-99-86)80-40-16-8-32-72(80)91)60-55-63(92-73-33-9-17-41-81(73)96(87-47-23-51-100-87)82-42-18-10-34-74(82)92)58-64(56-60)93-75-35-11-19-43-83(75)97(88-48-24-52-101-88)84-44-20-12-36-76(84)93/h1-47,49-58,88H,48H2. The molecule has 12 heteroatoms. The first kappa shape index (κ1) is 58.2. The molecule has 0 bridgehead atoms. The van der Waals surface area contributed by atoms with Gasteiger partial charge in [0.25, 0.3) is 0 Å². The maximum Gasteiger partial charge on any atom is 0.100 e. The summed E-state index contributed by atoms with van der Waals surface area (Å²) >= 11 is 7.18. The molecule has 0 amide bonds. The van der Waals surface area contributed by atoms with Gasteiger partial charge in [-0.1, -0.05) is 152 Å². The van der Waals surface area contributed by atoms with Gasteiger partial charge in [-0.05, 0) is 231 Å². The molecule has 3 aromatic heterocycles. The van der Waals surface area contributed by atoms with Crippen LogP contribution in [-0.2, 0) is 5.41 Å². The molecular formula is C89H60N8S4. The molecule has 8 heterocycles. The summed E-state index contributed by atoms with van der Waals surface area (Å²) in [5.74, 6) is 0. The Morgan fingerprint density at radius 2 is 0.515 bits per heavy atom. The summed E-state index contributed by atoms with van der Waals surface area (Å²) in [4.78, 5) is 20.1. The Morgan fingerprint density at radius 1 is 0.257 bits per heavy atom. The number of hydrogen-bond acceptors (Lipinski definition) is 12. The molecule has 12 aromatic carbocycles. The van der Waals surface area contributed by atoms with Crippen molar-refractivity contribution in [1.82, 2.24) is 0 Å². The van der Waals surface area contributed by atoms with E-state index in [9.17, 15) is 0 Å². The fourth-order valence-electron chi connectivity index (χ4n) is 16.8. The van der Waals surface area contributed by atoms with Gasteiger partial charge in [-0.25, -0.2) is 0 Å². The van der Waals surface area contributed by atoms with Crippen molar-refractivity contribution in [1.29, 1.82) is 0 Å². The number of para-hydroxylation sites is 16. The molecule has 6 aliphatic rings. The normalized spacial score (nSPS) is 15.4. The van der Waals surface area contributed by atoms with Crippen LogP contribution in [0.4, 0.5) is 129 Å². The van der Waals surface area contributed by atoms with Gasteiger partial charge in [0.05, 0.1) is 102 Å². The lowest BCUT2D eigenvalue weighted by molar-refractivity contribution is 0.768. The van der Waals surface area contributed by atoms with E-state index in [2.05, 4.69) is 382 Å². The predicted molar refractivity (Wildman–Crippen MR) is 428 cm³/mol. The minimum Gasteiger partial charge on any atom is -0.325 e. The second-order valence-corrected chi connectivity index (χ2v) is 29.9. The average molecular weight is 1370 g/mol. The molecule has 480 valence electrons. The number of benzene rings is 12. The lowest BCUT2D eigenvalue weighted by Gasteiger charge is -2.44. The largest absolute Gasteiger partial charge is 0.325 e. The lowest BCUT2D eigenvalue weighted by Crippen LogP contribution is -2.33. The van der Waals surface area contributed by atoms with Gasteiger partial charge in [0.1, 0.15) is 15.0 Å². The fraction of sp³-hybridized carbons (Fsp3) is 0.0337. The van der Waals surface area contributed by atoms with Gasteiger partial charge >= 0.3 is 0 Å². The van der Waals surface area contributed by atoms with E-state index in [-0.39, 0.29) is 5.37 Å². The zero-order chi connectivity index (χ0) is 66.3. The van der Waals surface area contributed by atoms with Crippen LogP contribution in [0.15, 0.2) is 343 Å². The van der Waals surface area contributed by atoms with Crippen molar-refractivity contribution < 1.29 is 0 Å². The lowest BCUT2D eigenvalue weighted by atomic mass is 9.67. The van der Waals surface area contributed by atoms with E-state index >= 15 is 0 Å². The van der Waals surface area contributed by atoms with Crippen molar-refractivity contribution in [3.05, 3.63) is 365 Å². The average Bonchev–Trinajstić information content (AvgIpc) is 1.58. The van der Waals surface area contributed by atoms with Gasteiger partial charge in [-0.15, -0.1) is 45.8 Å². The van der Waals surface area contributed by atoms with Crippen LogP contribution < -0.4 is 39.2 Å². The molecule has 1 unspecified atom stereocenters. The highest BCUT2D eigenvalue weighted by molar-refractivity contribution is 8.03. The molecule has 1 aliphatic carbocycles. The van der Waals surface area contributed by atoms with Crippen LogP contribution in [-0.4, -0.2) is 5.37 Å². The summed E-state index contributed by atoms with van der Waals surface area (Å²) in [5.41, 5.74) is 27.9. The van der Waals surface area contributed by atoms with E-state index in [0.29, 0.717) is 0 Å². The molecule has 15 aromatic rings. The van der Waals surface area contributed by atoms with Crippen molar-refractivity contribution in [2.24, 2.45) is 0 Å². The number of fused-ring (bicyclic) bond motifs is 11. The van der Waals surface area contributed by atoms with Crippen molar-refractivity contribution in [3.63, 3.8) is 0 Å². The Kier molecular flexibility index (Phi) is 13.4. The molecular weight excluding hydrogens is 1310 g/mol. The van der Waals surface area contributed by atoms with Gasteiger partial charge in [0.2, 0.25) is 0 Å². The van der Waals surface area contributed by atoms with E-state index in [1.54, 1.807) is 34.0 Å². The van der Waals surface area contributed by atoms with Crippen molar-refractivity contribution in [2.75, 3.05) is 39.2 Å². The highest BCUT2D eigenvalue weighted by Crippen LogP contribution is 2.65. The molecule has 101 heavy (non-hydrogen) atoms. The van der Waals surface area contributed by atoms with Gasteiger partial charge in [-0.2, -0.15) is 0 Å². The smallest absolute Gasteiger partial charge is 0.100 e. The van der Waals surface area contributed by atoms with Crippen molar-refractivity contribution in [3.8, 4) is 11.1 Å². The zero-order valence-corrected chi connectivity index (χ0v) is 57.7. The molecule has 0 radical (unpaired) electrons. The quantitative estimate of drug-likeness (QED) is 0.133. The van der Waals surface area contributed by atoms with E-state index in [4.69, 9.17) is 0 Å². The molecule has 0 saturated carbocycles. The Bertz CT molecular complexity index is 5410. The second-order valence-electron chi connectivity index (χ2n) is 26.0. The second kappa shape index (κ2) is 23.2. The van der Waals surface area contributed by atoms with Crippen LogP contribution >= 0.6 is 45.8 Å². The van der Waals surface area contributed by atoms with Crippen LogP contribution in [0.5, 0.6) is 0 Å². The highest BCUT2D eigenvalue weighted by atomic mass is 32.2. The van der Waals surface area contributed by atoms with Crippen LogP contribution in [0.3, 0.4) is 0 Å². The molecule has 0 saturated heterocycles. The molecule has 21 rings (SSSR count). The van der Waals surface area contributed by atoms with Crippen LogP contribution in [0.2, 0.25) is 0 Å². The maximum atomic E-state index is 2.58. The summed E-state index contributed by atoms with van der Waals surface area (Å²) < 4.78 is 0. The summed E-state index contributed by atoms with van der Waals surface area (Å²) in [5, 5.41) is 12.5. The van der Waals surface area contributed by atoms with Gasteiger partial charge < -0.3 is 24.5 Å². The van der Waals surface area contributed by atoms with Crippen LogP contribution in [0, 0.1) is 0 Å². The number of rotatable bonds is 10. The third-order valence-electron chi connectivity index (χ3n) is 20.7. The fourth-order valence-corrected chi connectivity index (χ4v) is 20.1. The number of thioether (sulfide) groups is 1. The molecule has 0 spiro atoms. The Hall–Kier alpha value is -11.8. The SMILES string of the molecule is C1=CSC(N2c3ccccc3N(c3cc(N4c5ccccc5N(c5cccs5)c5ccccc54)cc(C4(c5cc(N6c7ccccc7N(c7cccs7)c7ccccc76)cc(N6c7ccccc7N(c7cccs7)c7ccccc76)c5)c5ccccc5-c5ccccc54)c3)c3ccccc32)C1. The molecule has 8 nitrogen and oxygen atoms in total. The summed E-state index contributed by atoms with van der Waals surface area (Å²) in [6, 6.07) is 119. The Labute approximate surface area is 602 Å². The van der Waals surface area contributed by atoms with Gasteiger partial charge in [0.15, 0.2) is 0 Å². The minimum absolute atomic E-state index is 0.195. The first-order valence-electron chi connectivity index (χ1n) is 34.2. The summed E-state index contributed by atoms with van der Waals surface area (Å²) in [6.45, 7) is 0. The molecule has 0 fully saturated rings. The Morgan fingerprint density at radius 3 is 0.782 bits per heavy atom. The van der Waals surface area contributed by atoms with Crippen LogP contribution in [0.1, 0.15) is 28.7 Å². The summed E-state index contributed by atoms with van der Waals surface area (Å²) in [6.07, 6.45) is 3.26. The van der Waals surface area contributed by atoms with Crippen molar-refractivity contribution >= 4 is 175 Å². The first-order chi connectivity index (χ1) is 50.2.